The Labute approximate surface area is 336 Å². The molecule has 0 unspecified atom stereocenters. The number of phenols is 23. The molecule has 0 aliphatic heterocycles. The van der Waals surface area contributed by atoms with Gasteiger partial charge in [-0.05, 0) is 6.07 Å². The monoisotopic (exact) mass is 864 g/mol. The Morgan fingerprint density at radius 3 is 0.935 bits per heavy atom. The smallest absolute Gasteiger partial charge is 0.208 e. The fraction of sp³-hybridized carbons (Fsp3) is 0. The first-order valence-electron chi connectivity index (χ1n) is 16.6. The lowest BCUT2D eigenvalue weighted by molar-refractivity contribution is 0.330. The van der Waals surface area contributed by atoms with Crippen molar-refractivity contribution in [2.45, 2.75) is 0 Å². The third-order valence-corrected chi connectivity index (χ3v) is 10.4. The van der Waals surface area contributed by atoms with Crippen molar-refractivity contribution in [2.24, 2.45) is 0 Å². The predicted molar refractivity (Wildman–Crippen MR) is 203 cm³/mol. The molecule has 0 atom stereocenters. The molecular weight excluding hydrogens is 840 g/mol. The molecule has 0 radical (unpaired) electrons. The van der Waals surface area contributed by atoms with Gasteiger partial charge < -0.3 is 122 Å². The molecule has 0 aliphatic carbocycles. The number of aromatic hydroxyl groups is 23. The topological polar surface area (TPSA) is 478 Å². The highest BCUT2D eigenvalue weighted by molar-refractivity contribution is 6.32. The molecule has 7 aromatic carbocycles. The van der Waals surface area contributed by atoms with Crippen LogP contribution in [0.5, 0.6) is 132 Å². The van der Waals surface area contributed by atoms with Crippen LogP contribution in [0.3, 0.4) is 0 Å². The van der Waals surface area contributed by atoms with E-state index in [-0.39, 0.29) is 0 Å². The summed E-state index contributed by atoms with van der Waals surface area (Å²) in [5.74, 6) is -35.9. The Kier molecular flexibility index (Phi) is 7.66. The third-order valence-electron chi connectivity index (χ3n) is 10.4. The van der Waals surface area contributed by atoms with Crippen LogP contribution in [0.4, 0.5) is 0 Å². The molecule has 0 amide bonds. The van der Waals surface area contributed by atoms with E-state index >= 15 is 0 Å². The Hall–Kier alpha value is -9.74. The molecule has 8 rings (SSSR count). The summed E-state index contributed by atoms with van der Waals surface area (Å²) in [5, 5.41) is 245. The minimum atomic E-state index is -1.70. The number of benzene rings is 7. The summed E-state index contributed by atoms with van der Waals surface area (Å²) in [7, 11) is 0. The summed E-state index contributed by atoms with van der Waals surface area (Å²) < 4.78 is 5.30. The van der Waals surface area contributed by atoms with Crippen molar-refractivity contribution in [1.29, 1.82) is 0 Å². The van der Waals surface area contributed by atoms with Gasteiger partial charge in [0.1, 0.15) is 17.2 Å². The molecule has 8 aromatic rings. The minimum absolute atomic E-state index is 0.354. The van der Waals surface area contributed by atoms with Crippen molar-refractivity contribution >= 4 is 43.5 Å². The lowest BCUT2D eigenvalue weighted by Gasteiger charge is -2.25. The third kappa shape index (κ3) is 4.41. The number of fused-ring (bicyclic) bond motifs is 5. The Bertz CT molecular complexity index is 3380. The summed E-state index contributed by atoms with van der Waals surface area (Å²) in [6.07, 6.45) is 0. The molecule has 0 spiro atoms. The van der Waals surface area contributed by atoms with Gasteiger partial charge in [0.25, 0.3) is 0 Å². The van der Waals surface area contributed by atoms with E-state index in [1.54, 1.807) is 0 Å². The number of rotatable bonds is 3. The normalized spacial score (nSPS) is 11.7. The van der Waals surface area contributed by atoms with E-state index in [1.807, 2.05) is 0 Å². The first kappa shape index (κ1) is 39.1. The molecule has 23 N–H and O–H groups in total. The van der Waals surface area contributed by atoms with Crippen molar-refractivity contribution in [3.05, 3.63) is 6.07 Å². The maximum absolute atomic E-state index is 12.3. The largest absolute Gasteiger partial charge is 0.507 e. The van der Waals surface area contributed by atoms with Gasteiger partial charge in [0.15, 0.2) is 57.2 Å². The summed E-state index contributed by atoms with van der Waals surface area (Å²) in [6, 6.07) is 0.354. The Morgan fingerprint density at radius 2 is 0.484 bits per heavy atom. The van der Waals surface area contributed by atoms with Gasteiger partial charge >= 0.3 is 0 Å². The van der Waals surface area contributed by atoms with Gasteiger partial charge in [-0.3, -0.25) is 0 Å². The van der Waals surface area contributed by atoms with Gasteiger partial charge in [0.05, 0.1) is 27.5 Å². The van der Waals surface area contributed by atoms with Crippen LogP contribution in [0.1, 0.15) is 0 Å². The molecule has 0 aliphatic rings. The average Bonchev–Trinajstić information content (AvgIpc) is 3.65. The van der Waals surface area contributed by atoms with Gasteiger partial charge in [-0.15, -0.1) is 0 Å². The maximum Gasteiger partial charge on any atom is 0.208 e. The zero-order valence-electron chi connectivity index (χ0n) is 29.8. The van der Waals surface area contributed by atoms with Gasteiger partial charge in [-0.2, -0.15) is 0 Å². The number of furan rings is 1. The Morgan fingerprint density at radius 1 is 0.210 bits per heavy atom. The van der Waals surface area contributed by atoms with Crippen LogP contribution < -0.4 is 0 Å². The minimum Gasteiger partial charge on any atom is -0.507 e. The summed E-state index contributed by atoms with van der Waals surface area (Å²) >= 11 is 0. The van der Waals surface area contributed by atoms with E-state index in [1.165, 1.54) is 0 Å². The molecule has 1 heterocycles. The van der Waals surface area contributed by atoms with Gasteiger partial charge in [-0.25, -0.2) is 0 Å². The van der Waals surface area contributed by atoms with E-state index in [0.29, 0.717) is 6.07 Å². The van der Waals surface area contributed by atoms with E-state index < -0.39 is 209 Å². The fourth-order valence-electron chi connectivity index (χ4n) is 7.51. The molecule has 0 saturated heterocycles. The van der Waals surface area contributed by atoms with Crippen LogP contribution >= 0.6 is 0 Å². The highest BCUT2D eigenvalue weighted by Crippen LogP contribution is 2.68. The summed E-state index contributed by atoms with van der Waals surface area (Å²) in [4.78, 5) is 0. The van der Waals surface area contributed by atoms with E-state index in [0.717, 1.165) is 0 Å². The van der Waals surface area contributed by atoms with Crippen LogP contribution in [-0.4, -0.2) is 117 Å². The SMILES string of the molecule is Oc1c(O)c(O)c(-c2cc(O)c3c(-c4c(O)c(O)c(O)c(O)c4O)c4c(O)c(O)c(O)c(O)c4c(-c4c(O)c(O)c5oc6c(O)c(O)c(O)c(O)c6c5c4O)c3c2O)c(O)c1O. The average molecular weight is 865 g/mol. The first-order chi connectivity index (χ1) is 28.9. The zero-order valence-corrected chi connectivity index (χ0v) is 29.8. The Balaban J connectivity index is 1.79. The molecule has 1 aromatic heterocycles. The van der Waals surface area contributed by atoms with E-state index in [9.17, 15) is 117 Å². The van der Waals surface area contributed by atoms with E-state index in [4.69, 9.17) is 4.42 Å². The molecule has 24 nitrogen and oxygen atoms in total. The molecule has 0 fully saturated rings. The molecule has 320 valence electrons. The van der Waals surface area contributed by atoms with Crippen LogP contribution in [0, 0.1) is 0 Å². The van der Waals surface area contributed by atoms with Crippen LogP contribution in [0.25, 0.3) is 76.9 Å². The second kappa shape index (κ2) is 12.1. The number of hydrogen-bond acceptors (Lipinski definition) is 24. The van der Waals surface area contributed by atoms with Crippen LogP contribution in [0.15, 0.2) is 10.5 Å². The second-order valence-corrected chi connectivity index (χ2v) is 13.5. The highest BCUT2D eigenvalue weighted by atomic mass is 16.4. The van der Waals surface area contributed by atoms with Crippen molar-refractivity contribution in [3.63, 3.8) is 0 Å². The molecule has 0 saturated carbocycles. The fourth-order valence-corrected chi connectivity index (χ4v) is 7.51. The molecule has 62 heavy (non-hydrogen) atoms. The predicted octanol–water partition coefficient (Wildman–Crippen LogP) is 4.12. The number of phenolic OH excluding ortho intramolecular Hbond substituents is 23. The maximum atomic E-state index is 12.3. The molecule has 0 bridgehead atoms. The first-order valence-corrected chi connectivity index (χ1v) is 16.6. The highest BCUT2D eigenvalue weighted by Gasteiger charge is 2.39. The quantitative estimate of drug-likeness (QED) is 0.0674. The van der Waals surface area contributed by atoms with E-state index in [2.05, 4.69) is 0 Å². The van der Waals surface area contributed by atoms with Crippen molar-refractivity contribution in [3.8, 4) is 166 Å². The number of hydrogen-bond donors (Lipinski definition) is 23. The van der Waals surface area contributed by atoms with Crippen molar-refractivity contribution < 1.29 is 122 Å². The standard InChI is InChI=1S/C38H24O24/c39-3-1-2(4-17(42)25(50)32(57)26(51)18(4)43)15(40)8-5(3)6(12-21(46)29(54)33(58)30(55)22(12)47)9-10(20(45)28(53)27(52)19(9)44)7(8)11-16(41)13-14-24(49)31(56)34(59)36(61)38(14)62-37(13)35(60)23(11)48/h1,39-61H. The lowest BCUT2D eigenvalue weighted by Crippen LogP contribution is -1.97. The van der Waals surface area contributed by atoms with Gasteiger partial charge in [0, 0.05) is 38.2 Å². The zero-order chi connectivity index (χ0) is 45.8. The second-order valence-electron chi connectivity index (χ2n) is 13.5. The van der Waals surface area contributed by atoms with Crippen molar-refractivity contribution in [1.82, 2.24) is 0 Å². The molecule has 24 heteroatoms. The van der Waals surface area contributed by atoms with Crippen molar-refractivity contribution in [2.75, 3.05) is 0 Å². The molecular formula is C38H24O24. The summed E-state index contributed by atoms with van der Waals surface area (Å²) in [5.41, 5.74) is -9.79. The van der Waals surface area contributed by atoms with Gasteiger partial charge in [0.2, 0.25) is 69.0 Å². The van der Waals surface area contributed by atoms with Crippen LogP contribution in [0.2, 0.25) is 0 Å². The van der Waals surface area contributed by atoms with Gasteiger partial charge in [-0.1, -0.05) is 0 Å². The van der Waals surface area contributed by atoms with Crippen LogP contribution in [-0.2, 0) is 0 Å². The summed E-state index contributed by atoms with van der Waals surface area (Å²) in [6.45, 7) is 0. The lowest BCUT2D eigenvalue weighted by atomic mass is 9.81.